The normalized spacial score (nSPS) is 18.5. The number of carbonyl (C=O) groups is 2. The molecule has 0 bridgehead atoms. The third kappa shape index (κ3) is 4.27. The van der Waals surface area contributed by atoms with Crippen molar-refractivity contribution in [3.05, 3.63) is 53.8 Å². The fraction of sp³-hybridized carbons (Fsp3) is 0.318. The van der Waals surface area contributed by atoms with Crippen LogP contribution in [0.5, 0.6) is 0 Å². The summed E-state index contributed by atoms with van der Waals surface area (Å²) in [4.78, 5) is 29.0. The number of amidine groups is 1. The van der Waals surface area contributed by atoms with Crippen LogP contribution in [-0.2, 0) is 9.53 Å². The fourth-order valence-electron chi connectivity index (χ4n) is 3.54. The highest BCUT2D eigenvalue weighted by molar-refractivity contribution is 5.99. The highest BCUT2D eigenvalue weighted by atomic mass is 19.1. The molecule has 0 radical (unpaired) electrons. The van der Waals surface area contributed by atoms with E-state index in [1.54, 1.807) is 12.1 Å². The minimum atomic E-state index is -0.553. The van der Waals surface area contributed by atoms with Crippen molar-refractivity contribution in [2.45, 2.75) is 19.4 Å². The summed E-state index contributed by atoms with van der Waals surface area (Å²) >= 11 is 0. The van der Waals surface area contributed by atoms with Crippen molar-refractivity contribution >= 4 is 23.5 Å². The molecule has 1 saturated heterocycles. The molecule has 2 aromatic rings. The number of rotatable bonds is 5. The second kappa shape index (κ2) is 8.52. The van der Waals surface area contributed by atoms with Gasteiger partial charge in [-0.05, 0) is 30.2 Å². The first-order chi connectivity index (χ1) is 14.5. The summed E-state index contributed by atoms with van der Waals surface area (Å²) in [5, 5.41) is 5.89. The lowest BCUT2D eigenvalue weighted by molar-refractivity contribution is -0.119. The average Bonchev–Trinajstić information content (AvgIpc) is 3.13. The van der Waals surface area contributed by atoms with Crippen molar-refractivity contribution in [2.24, 2.45) is 4.99 Å². The number of aliphatic imine (C=N–C) groups is 1. The van der Waals surface area contributed by atoms with Crippen LogP contribution in [-0.4, -0.2) is 50.1 Å². The maximum absolute atomic E-state index is 14.9. The smallest absolute Gasteiger partial charge is 0.414 e. The van der Waals surface area contributed by atoms with Gasteiger partial charge in [0.25, 0.3) is 0 Å². The topological polar surface area (TPSA) is 83.0 Å². The second-order valence-electron chi connectivity index (χ2n) is 7.31. The number of hydrogen-bond acceptors (Lipinski definition) is 5. The van der Waals surface area contributed by atoms with Gasteiger partial charge >= 0.3 is 6.09 Å². The molecule has 30 heavy (non-hydrogen) atoms. The molecule has 4 rings (SSSR count). The molecule has 0 spiro atoms. The highest BCUT2D eigenvalue weighted by Crippen LogP contribution is 2.29. The molecule has 1 unspecified atom stereocenters. The molecule has 2 aromatic carbocycles. The molecule has 7 nitrogen and oxygen atoms in total. The lowest BCUT2D eigenvalue weighted by Crippen LogP contribution is -2.33. The maximum atomic E-state index is 14.9. The summed E-state index contributed by atoms with van der Waals surface area (Å²) in [6.07, 6.45) is 0.00753. The van der Waals surface area contributed by atoms with E-state index in [1.807, 2.05) is 24.3 Å². The molecule has 8 heteroatoms. The van der Waals surface area contributed by atoms with Gasteiger partial charge in [0.2, 0.25) is 5.91 Å². The number of nitrogens with zero attached hydrogens (tertiary/aromatic N) is 2. The zero-order valence-electron chi connectivity index (χ0n) is 16.7. The Kier molecular flexibility index (Phi) is 5.65. The Bertz CT molecular complexity index is 990. The lowest BCUT2D eigenvalue weighted by Gasteiger charge is -2.16. The van der Waals surface area contributed by atoms with Gasteiger partial charge in [0.05, 0.1) is 18.8 Å². The number of amides is 2. The maximum Gasteiger partial charge on any atom is 0.414 e. The van der Waals surface area contributed by atoms with Crippen molar-refractivity contribution in [3.8, 4) is 11.1 Å². The summed E-state index contributed by atoms with van der Waals surface area (Å²) in [6.45, 7) is 3.59. The summed E-state index contributed by atoms with van der Waals surface area (Å²) in [6, 6.07) is 12.2. The van der Waals surface area contributed by atoms with Gasteiger partial charge in [0.1, 0.15) is 17.8 Å². The van der Waals surface area contributed by atoms with E-state index in [1.165, 1.54) is 17.9 Å². The molecule has 156 valence electrons. The molecule has 2 heterocycles. The molecule has 2 aliphatic rings. The van der Waals surface area contributed by atoms with E-state index in [0.717, 1.165) is 36.5 Å². The quantitative estimate of drug-likeness (QED) is 0.794. The van der Waals surface area contributed by atoms with Gasteiger partial charge in [0, 0.05) is 31.1 Å². The third-order valence-electron chi connectivity index (χ3n) is 5.08. The lowest BCUT2D eigenvalue weighted by atomic mass is 10.0. The molecule has 0 aliphatic carbocycles. The summed E-state index contributed by atoms with van der Waals surface area (Å²) in [5.74, 6) is 0.244. The number of cyclic esters (lactones) is 1. The number of halogens is 1. The van der Waals surface area contributed by atoms with Gasteiger partial charge in [-0.3, -0.25) is 14.7 Å². The van der Waals surface area contributed by atoms with E-state index in [9.17, 15) is 14.0 Å². The Morgan fingerprint density at radius 3 is 2.70 bits per heavy atom. The second-order valence-corrected chi connectivity index (χ2v) is 7.31. The van der Waals surface area contributed by atoms with E-state index in [2.05, 4.69) is 15.6 Å². The SMILES string of the molecule is CC(=O)NCC1CN(c2ccc(-c3ccc(C4=NCCCN4)cc3)c(F)c2)C(=O)O1. The standard InChI is InChI=1S/C22H23FN4O3/c1-14(28)26-12-18-13-27(22(29)30-18)17-7-8-19(20(23)11-17)15-3-5-16(6-4-15)21-24-9-2-10-25-21/h3-8,11,18H,2,9-10,12-13H2,1H3,(H,24,25)(H,26,28). The van der Waals surface area contributed by atoms with Gasteiger partial charge in [-0.2, -0.15) is 0 Å². The van der Waals surface area contributed by atoms with Crippen LogP contribution in [0, 0.1) is 5.82 Å². The van der Waals surface area contributed by atoms with Crippen LogP contribution in [0.1, 0.15) is 18.9 Å². The Hall–Kier alpha value is -3.42. The van der Waals surface area contributed by atoms with Crippen molar-refractivity contribution in [1.29, 1.82) is 0 Å². The van der Waals surface area contributed by atoms with Gasteiger partial charge < -0.3 is 15.4 Å². The largest absolute Gasteiger partial charge is 0.442 e. The van der Waals surface area contributed by atoms with Crippen molar-refractivity contribution in [1.82, 2.24) is 10.6 Å². The van der Waals surface area contributed by atoms with Crippen LogP contribution in [0.2, 0.25) is 0 Å². The van der Waals surface area contributed by atoms with Crippen molar-refractivity contribution < 1.29 is 18.7 Å². The van der Waals surface area contributed by atoms with E-state index in [4.69, 9.17) is 4.74 Å². The minimum absolute atomic E-state index is 0.197. The fourth-order valence-corrected chi connectivity index (χ4v) is 3.54. The van der Waals surface area contributed by atoms with Gasteiger partial charge in [-0.15, -0.1) is 0 Å². The number of benzene rings is 2. The predicted octanol–water partition coefficient (Wildman–Crippen LogP) is 2.69. The molecule has 2 amide bonds. The van der Waals surface area contributed by atoms with E-state index in [-0.39, 0.29) is 19.0 Å². The Morgan fingerprint density at radius 2 is 2.03 bits per heavy atom. The first-order valence-corrected chi connectivity index (χ1v) is 9.92. The Balaban J connectivity index is 1.49. The van der Waals surface area contributed by atoms with E-state index in [0.29, 0.717) is 11.3 Å². The predicted molar refractivity (Wildman–Crippen MR) is 112 cm³/mol. The summed E-state index contributed by atoms with van der Waals surface area (Å²) in [7, 11) is 0. The van der Waals surface area contributed by atoms with Crippen molar-refractivity contribution in [2.75, 3.05) is 31.1 Å². The van der Waals surface area contributed by atoms with Crippen LogP contribution in [0.15, 0.2) is 47.5 Å². The molecule has 0 aromatic heterocycles. The zero-order valence-corrected chi connectivity index (χ0v) is 16.7. The van der Waals surface area contributed by atoms with Crippen molar-refractivity contribution in [3.63, 3.8) is 0 Å². The molecule has 1 fully saturated rings. The molecular formula is C22H23FN4O3. The van der Waals surface area contributed by atoms with Crippen LogP contribution < -0.4 is 15.5 Å². The highest BCUT2D eigenvalue weighted by Gasteiger charge is 2.32. The zero-order chi connectivity index (χ0) is 21.1. The number of nitrogens with one attached hydrogen (secondary N) is 2. The van der Waals surface area contributed by atoms with Crippen LogP contribution in [0.3, 0.4) is 0 Å². The van der Waals surface area contributed by atoms with Gasteiger partial charge in [0.15, 0.2) is 0 Å². The average molecular weight is 410 g/mol. The number of ether oxygens (including phenoxy) is 1. The summed E-state index contributed by atoms with van der Waals surface area (Å²) in [5.41, 5.74) is 2.59. The molecule has 1 atom stereocenters. The number of hydrogen-bond donors (Lipinski definition) is 2. The third-order valence-corrected chi connectivity index (χ3v) is 5.08. The first-order valence-electron chi connectivity index (χ1n) is 9.92. The first kappa shape index (κ1) is 19.9. The monoisotopic (exact) mass is 410 g/mol. The number of carbonyl (C=O) groups excluding carboxylic acids is 2. The molecule has 2 aliphatic heterocycles. The van der Waals surface area contributed by atoms with Gasteiger partial charge in [-0.1, -0.05) is 24.3 Å². The molecule has 0 saturated carbocycles. The molecular weight excluding hydrogens is 387 g/mol. The van der Waals surface area contributed by atoms with E-state index < -0.39 is 18.0 Å². The van der Waals surface area contributed by atoms with E-state index >= 15 is 0 Å². The molecule has 2 N–H and O–H groups in total. The van der Waals surface area contributed by atoms with Crippen LogP contribution >= 0.6 is 0 Å². The van der Waals surface area contributed by atoms with Crippen LogP contribution in [0.4, 0.5) is 14.9 Å². The summed E-state index contributed by atoms with van der Waals surface area (Å²) < 4.78 is 20.1. The minimum Gasteiger partial charge on any atom is -0.442 e. The Labute approximate surface area is 173 Å². The van der Waals surface area contributed by atoms with Crippen LogP contribution in [0.25, 0.3) is 11.1 Å². The Morgan fingerprint density at radius 1 is 1.27 bits per heavy atom. The van der Waals surface area contributed by atoms with Gasteiger partial charge in [-0.25, -0.2) is 9.18 Å². The number of anilines is 1.